The molecule has 32 heavy (non-hydrogen) atoms. The minimum Gasteiger partial charge on any atom is -0.356 e. The Morgan fingerprint density at radius 2 is 1.78 bits per heavy atom. The van der Waals surface area contributed by atoms with Crippen molar-refractivity contribution in [2.45, 2.75) is 38.6 Å². The summed E-state index contributed by atoms with van der Waals surface area (Å²) in [7, 11) is 2.07. The molecule has 166 valence electrons. The second kappa shape index (κ2) is 8.81. The van der Waals surface area contributed by atoms with Crippen LogP contribution in [0.1, 0.15) is 47.2 Å². The van der Waals surface area contributed by atoms with Crippen LogP contribution in [0.3, 0.4) is 0 Å². The number of para-hydroxylation sites is 1. The SMILES string of the molecule is Cn1cc(CCNC(=O)C2CCC(CN3Cc4ccccc4C3=O)CC2)c2ccccc21. The van der Waals surface area contributed by atoms with Gasteiger partial charge in [0, 0.05) is 55.3 Å². The first-order valence-electron chi connectivity index (χ1n) is 11.8. The lowest BCUT2D eigenvalue weighted by atomic mass is 9.81. The highest BCUT2D eigenvalue weighted by atomic mass is 16.2. The zero-order valence-electron chi connectivity index (χ0n) is 18.7. The first-order chi connectivity index (χ1) is 15.6. The van der Waals surface area contributed by atoms with Crippen molar-refractivity contribution in [2.75, 3.05) is 13.1 Å². The molecule has 0 atom stereocenters. The molecule has 0 spiro atoms. The van der Waals surface area contributed by atoms with Crippen LogP contribution in [0.15, 0.2) is 54.7 Å². The Kier molecular flexibility index (Phi) is 5.73. The molecule has 1 fully saturated rings. The number of amides is 2. The minimum absolute atomic E-state index is 0.102. The maximum atomic E-state index is 12.7. The third kappa shape index (κ3) is 4.04. The van der Waals surface area contributed by atoms with Gasteiger partial charge < -0.3 is 14.8 Å². The molecule has 1 aromatic heterocycles. The molecule has 1 aliphatic heterocycles. The lowest BCUT2D eigenvalue weighted by Gasteiger charge is -2.30. The highest BCUT2D eigenvalue weighted by Gasteiger charge is 2.31. The molecule has 5 rings (SSSR count). The monoisotopic (exact) mass is 429 g/mol. The zero-order valence-corrected chi connectivity index (χ0v) is 18.7. The third-order valence-electron chi connectivity index (χ3n) is 7.27. The van der Waals surface area contributed by atoms with Crippen LogP contribution in [0.25, 0.3) is 10.9 Å². The van der Waals surface area contributed by atoms with Gasteiger partial charge in [0.1, 0.15) is 0 Å². The molecule has 1 N–H and O–H groups in total. The fourth-order valence-electron chi connectivity index (χ4n) is 5.47. The standard InChI is InChI=1S/C27H31N3O2/c1-29-17-22(23-7-4-5-9-25(23)29)14-15-28-26(31)20-12-10-19(11-13-20)16-30-18-21-6-2-3-8-24(21)27(30)32/h2-9,17,19-20H,10-16,18H2,1H3,(H,28,31). The summed E-state index contributed by atoms with van der Waals surface area (Å²) in [4.78, 5) is 27.3. The van der Waals surface area contributed by atoms with Crippen molar-refractivity contribution in [3.8, 4) is 0 Å². The molecule has 2 amide bonds. The van der Waals surface area contributed by atoms with E-state index in [0.717, 1.165) is 56.3 Å². The Morgan fingerprint density at radius 3 is 2.59 bits per heavy atom. The number of nitrogens with one attached hydrogen (secondary N) is 1. The summed E-state index contributed by atoms with van der Waals surface area (Å²) in [5.74, 6) is 0.945. The van der Waals surface area contributed by atoms with Gasteiger partial charge in [0.15, 0.2) is 0 Å². The summed E-state index contributed by atoms with van der Waals surface area (Å²) in [6.45, 7) is 2.21. The number of carbonyl (C=O) groups is 2. The first-order valence-corrected chi connectivity index (χ1v) is 11.8. The predicted molar refractivity (Wildman–Crippen MR) is 126 cm³/mol. The fourth-order valence-corrected chi connectivity index (χ4v) is 5.47. The average Bonchev–Trinajstić information content (AvgIpc) is 3.31. The van der Waals surface area contributed by atoms with Crippen molar-refractivity contribution < 1.29 is 9.59 Å². The Labute approximate surface area is 189 Å². The van der Waals surface area contributed by atoms with Crippen molar-refractivity contribution in [1.82, 2.24) is 14.8 Å². The molecule has 2 heterocycles. The average molecular weight is 430 g/mol. The van der Waals surface area contributed by atoms with Gasteiger partial charge in [0.25, 0.3) is 5.91 Å². The van der Waals surface area contributed by atoms with Crippen molar-refractivity contribution in [2.24, 2.45) is 18.9 Å². The largest absolute Gasteiger partial charge is 0.356 e. The Morgan fingerprint density at radius 1 is 1.03 bits per heavy atom. The van der Waals surface area contributed by atoms with Gasteiger partial charge in [-0.3, -0.25) is 9.59 Å². The van der Waals surface area contributed by atoms with E-state index in [4.69, 9.17) is 0 Å². The smallest absolute Gasteiger partial charge is 0.254 e. The number of aryl methyl sites for hydroxylation is 1. The van der Waals surface area contributed by atoms with Crippen molar-refractivity contribution in [1.29, 1.82) is 0 Å². The normalized spacial score (nSPS) is 20.5. The summed E-state index contributed by atoms with van der Waals surface area (Å²) in [5, 5.41) is 4.44. The van der Waals surface area contributed by atoms with Crippen LogP contribution in [-0.2, 0) is 24.8 Å². The summed E-state index contributed by atoms with van der Waals surface area (Å²) in [6.07, 6.45) is 6.88. The van der Waals surface area contributed by atoms with Gasteiger partial charge in [0.2, 0.25) is 5.91 Å². The Bertz CT molecular complexity index is 1140. The van der Waals surface area contributed by atoms with Crippen molar-refractivity contribution >= 4 is 22.7 Å². The van der Waals surface area contributed by atoms with E-state index in [2.05, 4.69) is 47.4 Å². The molecular formula is C27H31N3O2. The van der Waals surface area contributed by atoms with E-state index in [9.17, 15) is 9.59 Å². The molecule has 3 aromatic rings. The molecule has 0 bridgehead atoms. The topological polar surface area (TPSA) is 54.3 Å². The first kappa shape index (κ1) is 20.8. The van der Waals surface area contributed by atoms with Crippen LogP contribution in [0.5, 0.6) is 0 Å². The van der Waals surface area contributed by atoms with Gasteiger partial charge in [0.05, 0.1) is 0 Å². The summed E-state index contributed by atoms with van der Waals surface area (Å²) in [6, 6.07) is 16.3. The third-order valence-corrected chi connectivity index (χ3v) is 7.27. The summed E-state index contributed by atoms with van der Waals surface area (Å²) in [5.41, 5.74) is 4.50. The van der Waals surface area contributed by atoms with Gasteiger partial charge in [-0.15, -0.1) is 0 Å². The quantitative estimate of drug-likeness (QED) is 0.635. The lowest BCUT2D eigenvalue weighted by molar-refractivity contribution is -0.126. The summed E-state index contributed by atoms with van der Waals surface area (Å²) < 4.78 is 2.15. The Balaban J connectivity index is 1.08. The molecule has 0 unspecified atom stereocenters. The van der Waals surface area contributed by atoms with Crippen LogP contribution in [0, 0.1) is 11.8 Å². The highest BCUT2D eigenvalue weighted by molar-refractivity contribution is 5.98. The van der Waals surface area contributed by atoms with E-state index in [-0.39, 0.29) is 17.7 Å². The molecule has 5 nitrogen and oxygen atoms in total. The maximum absolute atomic E-state index is 12.7. The van der Waals surface area contributed by atoms with Crippen LogP contribution in [-0.4, -0.2) is 34.4 Å². The van der Waals surface area contributed by atoms with Gasteiger partial charge in [-0.2, -0.15) is 0 Å². The van der Waals surface area contributed by atoms with E-state index in [1.807, 2.05) is 29.2 Å². The number of benzene rings is 2. The number of fused-ring (bicyclic) bond motifs is 2. The molecule has 0 saturated heterocycles. The lowest BCUT2D eigenvalue weighted by Crippen LogP contribution is -2.37. The van der Waals surface area contributed by atoms with Crippen molar-refractivity contribution in [3.63, 3.8) is 0 Å². The van der Waals surface area contributed by atoms with Crippen LogP contribution in [0.4, 0.5) is 0 Å². The van der Waals surface area contributed by atoms with Gasteiger partial charge in [-0.25, -0.2) is 0 Å². The number of nitrogens with zero attached hydrogens (tertiary/aromatic N) is 2. The number of aromatic nitrogens is 1. The molecule has 1 aliphatic carbocycles. The van der Waals surface area contributed by atoms with Crippen molar-refractivity contribution in [3.05, 3.63) is 71.4 Å². The molecule has 2 aliphatic rings. The minimum atomic E-state index is 0.102. The second-order valence-corrected chi connectivity index (χ2v) is 9.38. The van der Waals surface area contributed by atoms with E-state index in [0.29, 0.717) is 12.5 Å². The Hall–Kier alpha value is -3.08. The van der Waals surface area contributed by atoms with E-state index in [1.165, 1.54) is 16.5 Å². The number of hydrogen-bond acceptors (Lipinski definition) is 2. The fraction of sp³-hybridized carbons (Fsp3) is 0.407. The van der Waals surface area contributed by atoms with Crippen LogP contribution in [0.2, 0.25) is 0 Å². The van der Waals surface area contributed by atoms with Gasteiger partial charge in [-0.05, 0) is 61.3 Å². The molecule has 2 aromatic carbocycles. The molecular weight excluding hydrogens is 398 g/mol. The zero-order chi connectivity index (χ0) is 22.1. The van der Waals surface area contributed by atoms with E-state index < -0.39 is 0 Å². The van der Waals surface area contributed by atoms with Crippen LogP contribution < -0.4 is 5.32 Å². The van der Waals surface area contributed by atoms with Gasteiger partial charge in [-0.1, -0.05) is 36.4 Å². The van der Waals surface area contributed by atoms with E-state index >= 15 is 0 Å². The van der Waals surface area contributed by atoms with E-state index in [1.54, 1.807) is 0 Å². The highest BCUT2D eigenvalue weighted by Crippen LogP contribution is 2.32. The molecule has 1 saturated carbocycles. The van der Waals surface area contributed by atoms with Gasteiger partial charge >= 0.3 is 0 Å². The number of carbonyl (C=O) groups excluding carboxylic acids is 2. The second-order valence-electron chi connectivity index (χ2n) is 9.38. The summed E-state index contributed by atoms with van der Waals surface area (Å²) >= 11 is 0. The number of hydrogen-bond donors (Lipinski definition) is 1. The predicted octanol–water partition coefficient (Wildman–Crippen LogP) is 4.30. The number of rotatable bonds is 6. The molecule has 0 radical (unpaired) electrons. The molecule has 5 heteroatoms. The maximum Gasteiger partial charge on any atom is 0.254 e. The van der Waals surface area contributed by atoms with Crippen LogP contribution >= 0.6 is 0 Å².